The first-order valence-electron chi connectivity index (χ1n) is 4.85. The van der Waals surface area contributed by atoms with Crippen LogP contribution in [0.2, 0.25) is 0 Å². The lowest BCUT2D eigenvalue weighted by atomic mass is 10.2. The maximum atomic E-state index is 7.25. The lowest BCUT2D eigenvalue weighted by Crippen LogP contribution is -2.50. The van der Waals surface area contributed by atoms with Crippen LogP contribution in [0.15, 0.2) is 0 Å². The highest BCUT2D eigenvalue weighted by molar-refractivity contribution is 5.75. The summed E-state index contributed by atoms with van der Waals surface area (Å²) in [4.78, 5) is 2.33. The van der Waals surface area contributed by atoms with Crippen LogP contribution in [-0.2, 0) is 4.74 Å². The van der Waals surface area contributed by atoms with Crippen LogP contribution in [0, 0.1) is 5.41 Å². The van der Waals surface area contributed by atoms with Crippen molar-refractivity contribution in [1.82, 2.24) is 15.6 Å². The van der Waals surface area contributed by atoms with E-state index >= 15 is 0 Å². The highest BCUT2D eigenvalue weighted by Crippen LogP contribution is 2.01. The molecule has 1 heterocycles. The minimum Gasteiger partial charge on any atom is -0.379 e. The van der Waals surface area contributed by atoms with Gasteiger partial charge in [-0.1, -0.05) is 0 Å². The molecular formula is C8H19N5O. The average molecular weight is 201 g/mol. The fraction of sp³-hybridized carbons (Fsp3) is 0.875. The third-order valence-corrected chi connectivity index (χ3v) is 2.39. The first-order valence-corrected chi connectivity index (χ1v) is 4.85. The Labute approximate surface area is 84.3 Å². The lowest BCUT2D eigenvalue weighted by Gasteiger charge is -2.32. The van der Waals surface area contributed by atoms with Crippen LogP contribution < -0.4 is 16.6 Å². The van der Waals surface area contributed by atoms with Crippen LogP contribution in [0.4, 0.5) is 0 Å². The van der Waals surface area contributed by atoms with Crippen LogP contribution in [0.5, 0.6) is 0 Å². The molecule has 6 nitrogen and oxygen atoms in total. The summed E-state index contributed by atoms with van der Waals surface area (Å²) in [5.74, 6) is 5.22. The lowest BCUT2D eigenvalue weighted by molar-refractivity contribution is 0.0211. The van der Waals surface area contributed by atoms with Crippen molar-refractivity contribution in [2.75, 3.05) is 32.8 Å². The van der Waals surface area contributed by atoms with Gasteiger partial charge in [-0.05, 0) is 6.92 Å². The predicted octanol–water partition coefficient (Wildman–Crippen LogP) is -1.31. The van der Waals surface area contributed by atoms with Crippen LogP contribution in [0.1, 0.15) is 6.92 Å². The maximum Gasteiger partial charge on any atom is 0.202 e. The fourth-order valence-corrected chi connectivity index (χ4v) is 1.45. The van der Waals surface area contributed by atoms with Crippen molar-refractivity contribution < 1.29 is 4.74 Å². The molecule has 1 unspecified atom stereocenters. The molecule has 0 aromatic rings. The van der Waals surface area contributed by atoms with Crippen LogP contribution in [0.25, 0.3) is 0 Å². The number of hydrogen-bond acceptors (Lipinski definition) is 4. The van der Waals surface area contributed by atoms with Crippen LogP contribution >= 0.6 is 0 Å². The Kier molecular flexibility index (Phi) is 4.64. The molecule has 1 aliphatic rings. The topological polar surface area (TPSA) is 86.4 Å². The molecular weight excluding hydrogens is 182 g/mol. The number of hydrogen-bond donors (Lipinski definition) is 4. The molecule has 0 aromatic carbocycles. The van der Waals surface area contributed by atoms with Gasteiger partial charge >= 0.3 is 0 Å². The average Bonchev–Trinajstić information content (AvgIpc) is 2.26. The zero-order valence-electron chi connectivity index (χ0n) is 8.55. The Morgan fingerprint density at radius 3 is 2.79 bits per heavy atom. The van der Waals surface area contributed by atoms with E-state index < -0.39 is 0 Å². The van der Waals surface area contributed by atoms with Gasteiger partial charge in [0.05, 0.1) is 13.2 Å². The van der Waals surface area contributed by atoms with Crippen molar-refractivity contribution in [3.05, 3.63) is 0 Å². The van der Waals surface area contributed by atoms with Gasteiger partial charge < -0.3 is 10.1 Å². The van der Waals surface area contributed by atoms with E-state index in [1.807, 2.05) is 0 Å². The normalized spacial score (nSPS) is 20.1. The van der Waals surface area contributed by atoms with E-state index in [2.05, 4.69) is 22.6 Å². The number of hydrazine groups is 1. The Morgan fingerprint density at radius 1 is 1.57 bits per heavy atom. The minimum absolute atomic E-state index is 0.158. The Morgan fingerprint density at radius 2 is 2.21 bits per heavy atom. The summed E-state index contributed by atoms with van der Waals surface area (Å²) in [6.07, 6.45) is 0. The fourth-order valence-electron chi connectivity index (χ4n) is 1.45. The third kappa shape index (κ3) is 3.49. The van der Waals surface area contributed by atoms with E-state index in [1.54, 1.807) is 0 Å². The quantitative estimate of drug-likeness (QED) is 0.197. The molecule has 0 aromatic heterocycles. The molecule has 5 N–H and O–H groups in total. The van der Waals surface area contributed by atoms with Gasteiger partial charge in [0.2, 0.25) is 5.96 Å². The molecule has 0 bridgehead atoms. The van der Waals surface area contributed by atoms with Crippen molar-refractivity contribution in [2.24, 2.45) is 5.84 Å². The van der Waals surface area contributed by atoms with E-state index in [0.29, 0.717) is 6.04 Å². The minimum atomic E-state index is 0.158. The highest BCUT2D eigenvalue weighted by Gasteiger charge is 2.16. The van der Waals surface area contributed by atoms with Crippen molar-refractivity contribution in [3.8, 4) is 0 Å². The second-order valence-electron chi connectivity index (χ2n) is 3.40. The summed E-state index contributed by atoms with van der Waals surface area (Å²) in [5, 5.41) is 10.1. The number of ether oxygens (including phenoxy) is 1. The molecule has 1 rings (SSSR count). The summed E-state index contributed by atoms with van der Waals surface area (Å²) in [6.45, 7) is 6.39. The van der Waals surface area contributed by atoms with Crippen LogP contribution in [-0.4, -0.2) is 49.7 Å². The maximum absolute atomic E-state index is 7.25. The van der Waals surface area contributed by atoms with Crippen molar-refractivity contribution >= 4 is 5.96 Å². The molecule has 1 saturated heterocycles. The molecule has 0 spiro atoms. The zero-order valence-corrected chi connectivity index (χ0v) is 8.55. The van der Waals surface area contributed by atoms with E-state index in [4.69, 9.17) is 16.0 Å². The third-order valence-electron chi connectivity index (χ3n) is 2.39. The Balaban J connectivity index is 2.19. The highest BCUT2D eigenvalue weighted by atomic mass is 16.5. The van der Waals surface area contributed by atoms with Gasteiger partial charge in [0.1, 0.15) is 0 Å². The van der Waals surface area contributed by atoms with Crippen LogP contribution in [0.3, 0.4) is 0 Å². The van der Waals surface area contributed by atoms with Gasteiger partial charge in [-0.25, -0.2) is 5.84 Å². The molecule has 1 aliphatic heterocycles. The molecule has 0 amide bonds. The van der Waals surface area contributed by atoms with Gasteiger partial charge in [0.15, 0.2) is 0 Å². The largest absolute Gasteiger partial charge is 0.379 e. The van der Waals surface area contributed by atoms with E-state index in [-0.39, 0.29) is 5.96 Å². The summed E-state index contributed by atoms with van der Waals surface area (Å²) in [7, 11) is 0. The first kappa shape index (κ1) is 11.2. The molecule has 14 heavy (non-hydrogen) atoms. The van der Waals surface area contributed by atoms with E-state index in [0.717, 1.165) is 32.8 Å². The molecule has 6 heteroatoms. The Bertz CT molecular complexity index is 181. The van der Waals surface area contributed by atoms with Gasteiger partial charge in [-0.2, -0.15) is 0 Å². The predicted molar refractivity (Wildman–Crippen MR) is 54.9 cm³/mol. The SMILES string of the molecule is CC(CNC(=N)NN)N1CCOCC1. The summed E-state index contributed by atoms with van der Waals surface area (Å²) < 4.78 is 5.26. The van der Waals surface area contributed by atoms with E-state index in [1.165, 1.54) is 0 Å². The number of guanidine groups is 1. The van der Waals surface area contributed by atoms with Gasteiger partial charge in [0, 0.05) is 25.7 Å². The molecule has 82 valence electrons. The number of nitrogens with zero attached hydrogens (tertiary/aromatic N) is 1. The smallest absolute Gasteiger partial charge is 0.202 e. The molecule has 1 fully saturated rings. The monoisotopic (exact) mass is 201 g/mol. The summed E-state index contributed by atoms with van der Waals surface area (Å²) in [6, 6.07) is 0.396. The van der Waals surface area contributed by atoms with Gasteiger partial charge in [0.25, 0.3) is 0 Å². The van der Waals surface area contributed by atoms with Crippen molar-refractivity contribution in [3.63, 3.8) is 0 Å². The van der Waals surface area contributed by atoms with Gasteiger partial charge in [-0.3, -0.25) is 15.7 Å². The van der Waals surface area contributed by atoms with Crippen molar-refractivity contribution in [2.45, 2.75) is 13.0 Å². The zero-order chi connectivity index (χ0) is 10.4. The van der Waals surface area contributed by atoms with E-state index in [9.17, 15) is 0 Å². The number of nitrogens with one attached hydrogen (secondary N) is 3. The number of nitrogens with two attached hydrogens (primary N) is 1. The summed E-state index contributed by atoms with van der Waals surface area (Å²) in [5.41, 5.74) is 2.25. The first-order chi connectivity index (χ1) is 6.74. The second-order valence-corrected chi connectivity index (χ2v) is 3.40. The summed E-state index contributed by atoms with van der Waals surface area (Å²) >= 11 is 0. The number of morpholine rings is 1. The number of rotatable bonds is 3. The molecule has 0 saturated carbocycles. The molecule has 0 aliphatic carbocycles. The van der Waals surface area contributed by atoms with Crippen molar-refractivity contribution in [1.29, 1.82) is 5.41 Å². The standard InChI is InChI=1S/C8H19N5O/c1-7(6-11-8(9)12-10)13-2-4-14-5-3-13/h7H,2-6,10H2,1H3,(H3,9,11,12). The molecule has 1 atom stereocenters. The molecule has 0 radical (unpaired) electrons. The Hall–Kier alpha value is -0.850. The second kappa shape index (κ2) is 5.79. The van der Waals surface area contributed by atoms with Gasteiger partial charge in [-0.15, -0.1) is 0 Å².